The van der Waals surface area contributed by atoms with Gasteiger partial charge in [0.05, 0.1) is 6.10 Å². The lowest BCUT2D eigenvalue weighted by atomic mass is 10.3. The summed E-state index contributed by atoms with van der Waals surface area (Å²) in [7, 11) is 0. The molecule has 0 atom stereocenters. The molecular weight excluding hydrogens is 124 g/mol. The molecule has 0 amide bonds. The van der Waals surface area contributed by atoms with Crippen LogP contribution in [0.2, 0.25) is 0 Å². The van der Waals surface area contributed by atoms with E-state index in [-0.39, 0.29) is 6.10 Å². The molecule has 1 nitrogen and oxygen atoms in total. The first kappa shape index (κ1) is 7.13. The van der Waals surface area contributed by atoms with Crippen LogP contribution in [0.3, 0.4) is 0 Å². The maximum atomic E-state index is 5.36. The Morgan fingerprint density at radius 3 is 2.70 bits per heavy atom. The number of benzene rings is 1. The van der Waals surface area contributed by atoms with Crippen LogP contribution in [0.25, 0.3) is 0 Å². The van der Waals surface area contributed by atoms with Gasteiger partial charge in [0.15, 0.2) is 0 Å². The zero-order chi connectivity index (χ0) is 7.40. The molecule has 52 valence electrons. The van der Waals surface area contributed by atoms with E-state index in [0.717, 1.165) is 5.75 Å². The van der Waals surface area contributed by atoms with Crippen molar-refractivity contribution in [3.8, 4) is 5.75 Å². The number of ether oxygens (including phenoxy) is 1. The second-order valence-corrected chi connectivity index (χ2v) is 2.34. The Kier molecular flexibility index (Phi) is 2.32. The topological polar surface area (TPSA) is 9.23 Å². The standard InChI is InChI=1S/C9H10O/c1-8(2)10-9-6-4-3-5-7-9/h4,6-8H,1-2H3. The zero-order valence-electron chi connectivity index (χ0n) is 6.22. The van der Waals surface area contributed by atoms with Crippen LogP contribution in [0.15, 0.2) is 18.2 Å². The van der Waals surface area contributed by atoms with Gasteiger partial charge in [-0.2, -0.15) is 0 Å². The summed E-state index contributed by atoms with van der Waals surface area (Å²) in [6, 6.07) is 11.1. The Hall–Kier alpha value is -0.980. The highest BCUT2D eigenvalue weighted by molar-refractivity contribution is 5.19. The maximum absolute atomic E-state index is 5.36. The predicted molar refractivity (Wildman–Crippen MR) is 39.9 cm³/mol. The van der Waals surface area contributed by atoms with Gasteiger partial charge in [0, 0.05) is 0 Å². The Labute approximate surface area is 61.6 Å². The van der Waals surface area contributed by atoms with Gasteiger partial charge in [-0.25, -0.2) is 0 Å². The second-order valence-electron chi connectivity index (χ2n) is 2.34. The first-order valence-corrected chi connectivity index (χ1v) is 3.33. The molecular formula is C9H10O. The van der Waals surface area contributed by atoms with Crippen LogP contribution < -0.4 is 4.74 Å². The molecule has 0 aliphatic carbocycles. The van der Waals surface area contributed by atoms with Crippen molar-refractivity contribution in [3.63, 3.8) is 0 Å². The van der Waals surface area contributed by atoms with Crippen LogP contribution in [0, 0.1) is 12.1 Å². The third-order valence-corrected chi connectivity index (χ3v) is 1.00. The highest BCUT2D eigenvalue weighted by atomic mass is 16.5. The Morgan fingerprint density at radius 2 is 2.20 bits per heavy atom. The third-order valence-electron chi connectivity index (χ3n) is 1.00. The van der Waals surface area contributed by atoms with E-state index in [1.54, 1.807) is 12.1 Å². The smallest absolute Gasteiger partial charge is 0.120 e. The molecule has 1 rings (SSSR count). The Balaban J connectivity index is 2.59. The minimum absolute atomic E-state index is 0.232. The molecule has 0 fully saturated rings. The fourth-order valence-corrected chi connectivity index (χ4v) is 0.678. The quantitative estimate of drug-likeness (QED) is 0.601. The first-order valence-electron chi connectivity index (χ1n) is 3.33. The SMILES string of the molecule is CC(C)Oc1c[c][c]cc1. The van der Waals surface area contributed by atoms with Crippen molar-refractivity contribution in [1.82, 2.24) is 0 Å². The first-order chi connectivity index (χ1) is 4.79. The van der Waals surface area contributed by atoms with Crippen molar-refractivity contribution in [2.75, 3.05) is 0 Å². The van der Waals surface area contributed by atoms with Crippen molar-refractivity contribution >= 4 is 0 Å². The van der Waals surface area contributed by atoms with Crippen LogP contribution in [0.4, 0.5) is 0 Å². The molecule has 0 aliphatic heterocycles. The summed E-state index contributed by atoms with van der Waals surface area (Å²) in [5.41, 5.74) is 0. The van der Waals surface area contributed by atoms with Gasteiger partial charge in [0.2, 0.25) is 0 Å². The van der Waals surface area contributed by atoms with E-state index in [1.807, 2.05) is 19.9 Å². The second kappa shape index (κ2) is 3.25. The lowest BCUT2D eigenvalue weighted by Crippen LogP contribution is -2.04. The summed E-state index contributed by atoms with van der Waals surface area (Å²) in [6.45, 7) is 3.99. The molecule has 0 aliphatic rings. The summed E-state index contributed by atoms with van der Waals surface area (Å²) >= 11 is 0. The lowest BCUT2D eigenvalue weighted by Gasteiger charge is -2.07. The van der Waals surface area contributed by atoms with Crippen LogP contribution in [-0.4, -0.2) is 6.10 Å². The normalized spacial score (nSPS) is 9.90. The van der Waals surface area contributed by atoms with Gasteiger partial charge in [0.25, 0.3) is 0 Å². The predicted octanol–water partition coefficient (Wildman–Crippen LogP) is 2.07. The van der Waals surface area contributed by atoms with Gasteiger partial charge >= 0.3 is 0 Å². The summed E-state index contributed by atoms with van der Waals surface area (Å²) < 4.78 is 5.36. The number of hydrogen-bond acceptors (Lipinski definition) is 1. The van der Waals surface area contributed by atoms with E-state index in [2.05, 4.69) is 12.1 Å². The highest BCUT2D eigenvalue weighted by Crippen LogP contribution is 2.09. The van der Waals surface area contributed by atoms with E-state index >= 15 is 0 Å². The van der Waals surface area contributed by atoms with Crippen molar-refractivity contribution in [2.45, 2.75) is 20.0 Å². The van der Waals surface area contributed by atoms with E-state index in [0.29, 0.717) is 0 Å². The number of rotatable bonds is 2. The molecule has 0 N–H and O–H groups in total. The molecule has 1 heteroatoms. The van der Waals surface area contributed by atoms with Gasteiger partial charge in [-0.3, -0.25) is 0 Å². The average molecular weight is 134 g/mol. The highest BCUT2D eigenvalue weighted by Gasteiger charge is 1.93. The van der Waals surface area contributed by atoms with E-state index in [4.69, 9.17) is 4.74 Å². The summed E-state index contributed by atoms with van der Waals surface area (Å²) in [5.74, 6) is 0.855. The van der Waals surface area contributed by atoms with Gasteiger partial charge in [0.1, 0.15) is 5.75 Å². The minimum atomic E-state index is 0.232. The minimum Gasteiger partial charge on any atom is -0.491 e. The summed E-state index contributed by atoms with van der Waals surface area (Å²) in [4.78, 5) is 0. The largest absolute Gasteiger partial charge is 0.491 e. The van der Waals surface area contributed by atoms with Crippen molar-refractivity contribution in [2.24, 2.45) is 0 Å². The summed E-state index contributed by atoms with van der Waals surface area (Å²) in [5, 5.41) is 0. The molecule has 1 aromatic rings. The van der Waals surface area contributed by atoms with Gasteiger partial charge in [-0.05, 0) is 38.1 Å². The molecule has 0 saturated heterocycles. The van der Waals surface area contributed by atoms with Crippen molar-refractivity contribution in [1.29, 1.82) is 0 Å². The molecule has 0 heterocycles. The molecule has 0 saturated carbocycles. The Morgan fingerprint density at radius 1 is 1.40 bits per heavy atom. The van der Waals surface area contributed by atoms with Gasteiger partial charge in [-0.15, -0.1) is 0 Å². The average Bonchev–Trinajstić information content (AvgIpc) is 1.88. The van der Waals surface area contributed by atoms with E-state index in [1.165, 1.54) is 0 Å². The van der Waals surface area contributed by atoms with Crippen LogP contribution in [0.5, 0.6) is 5.75 Å². The van der Waals surface area contributed by atoms with Crippen molar-refractivity contribution < 1.29 is 4.74 Å². The summed E-state index contributed by atoms with van der Waals surface area (Å²) in [6.07, 6.45) is 0.232. The van der Waals surface area contributed by atoms with Crippen molar-refractivity contribution in [3.05, 3.63) is 30.3 Å². The van der Waals surface area contributed by atoms with E-state index < -0.39 is 0 Å². The molecule has 0 unspecified atom stereocenters. The molecule has 0 spiro atoms. The van der Waals surface area contributed by atoms with Crippen LogP contribution in [0.1, 0.15) is 13.8 Å². The third kappa shape index (κ3) is 2.09. The molecule has 0 bridgehead atoms. The molecule has 1 aromatic carbocycles. The fraction of sp³-hybridized carbons (Fsp3) is 0.333. The molecule has 10 heavy (non-hydrogen) atoms. The zero-order valence-corrected chi connectivity index (χ0v) is 6.22. The van der Waals surface area contributed by atoms with Gasteiger partial charge < -0.3 is 4.74 Å². The maximum Gasteiger partial charge on any atom is 0.120 e. The Bertz CT molecular complexity index is 179. The monoisotopic (exact) mass is 134 g/mol. The van der Waals surface area contributed by atoms with E-state index in [9.17, 15) is 0 Å². The lowest BCUT2D eigenvalue weighted by molar-refractivity contribution is 0.242. The molecule has 0 aromatic heterocycles. The molecule has 2 radical (unpaired) electrons. The van der Waals surface area contributed by atoms with Crippen LogP contribution in [-0.2, 0) is 0 Å². The fourth-order valence-electron chi connectivity index (χ4n) is 0.678. The van der Waals surface area contributed by atoms with Crippen LogP contribution >= 0.6 is 0 Å². The van der Waals surface area contributed by atoms with Gasteiger partial charge in [-0.1, -0.05) is 6.07 Å². The number of hydrogen-bond donors (Lipinski definition) is 0.